The molecular formula is C26H30ClN3O2. The van der Waals surface area contributed by atoms with Crippen molar-refractivity contribution in [1.82, 2.24) is 15.1 Å². The first-order chi connectivity index (χ1) is 15.6. The highest BCUT2D eigenvalue weighted by Gasteiger charge is 2.44. The van der Waals surface area contributed by atoms with Crippen LogP contribution in [0.25, 0.3) is 10.9 Å². The van der Waals surface area contributed by atoms with Gasteiger partial charge in [0.1, 0.15) is 0 Å². The average molecular weight is 452 g/mol. The van der Waals surface area contributed by atoms with Crippen molar-refractivity contribution in [3.63, 3.8) is 0 Å². The second-order valence-corrected chi connectivity index (χ2v) is 9.72. The molecule has 3 aromatic rings. The normalized spacial score (nSPS) is 21.4. The maximum Gasteiger partial charge on any atom is 0.233 e. The Morgan fingerprint density at radius 3 is 2.75 bits per heavy atom. The number of nitrogens with zero attached hydrogens (tertiary/aromatic N) is 2. The molecule has 5 nitrogen and oxygen atoms in total. The van der Waals surface area contributed by atoms with Gasteiger partial charge in [-0.05, 0) is 79.8 Å². The molecule has 0 saturated carbocycles. The van der Waals surface area contributed by atoms with Crippen LogP contribution in [0, 0.1) is 5.92 Å². The first-order valence-corrected chi connectivity index (χ1v) is 12.1. The summed E-state index contributed by atoms with van der Waals surface area (Å²) in [6.45, 7) is 2.92. The van der Waals surface area contributed by atoms with Crippen molar-refractivity contribution in [3.05, 3.63) is 64.8 Å². The number of rotatable bonds is 4. The van der Waals surface area contributed by atoms with E-state index in [0.29, 0.717) is 24.2 Å². The van der Waals surface area contributed by atoms with Gasteiger partial charge in [-0.1, -0.05) is 29.8 Å². The second kappa shape index (κ2) is 9.24. The first kappa shape index (κ1) is 21.5. The highest BCUT2D eigenvalue weighted by molar-refractivity contribution is 6.30. The van der Waals surface area contributed by atoms with E-state index in [-0.39, 0.29) is 5.91 Å². The second-order valence-electron chi connectivity index (χ2n) is 9.29. The minimum absolute atomic E-state index is 0.267. The molecule has 1 aromatic heterocycles. The van der Waals surface area contributed by atoms with Crippen LogP contribution in [0.5, 0.6) is 0 Å². The van der Waals surface area contributed by atoms with Gasteiger partial charge >= 0.3 is 0 Å². The quantitative estimate of drug-likeness (QED) is 0.597. The SMILES string of the molecule is O=C(N1CCCC(Cc2ccc3[nH]ncc3c2)CC1)C1(c2ccc(Cl)cc2)CCOCC1. The van der Waals surface area contributed by atoms with Crippen molar-refractivity contribution in [1.29, 1.82) is 0 Å². The van der Waals surface area contributed by atoms with Gasteiger partial charge in [-0.15, -0.1) is 0 Å². The molecule has 2 fully saturated rings. The topological polar surface area (TPSA) is 58.2 Å². The number of nitrogens with one attached hydrogen (secondary N) is 1. The van der Waals surface area contributed by atoms with Gasteiger partial charge in [0, 0.05) is 36.7 Å². The molecule has 6 heteroatoms. The van der Waals surface area contributed by atoms with Gasteiger partial charge < -0.3 is 9.64 Å². The Kier molecular flexibility index (Phi) is 6.20. The molecule has 32 heavy (non-hydrogen) atoms. The summed E-state index contributed by atoms with van der Waals surface area (Å²) >= 11 is 6.13. The predicted molar refractivity (Wildman–Crippen MR) is 127 cm³/mol. The highest BCUT2D eigenvalue weighted by atomic mass is 35.5. The van der Waals surface area contributed by atoms with E-state index < -0.39 is 5.41 Å². The fourth-order valence-corrected chi connectivity index (χ4v) is 5.57. The molecule has 1 amide bonds. The van der Waals surface area contributed by atoms with Gasteiger partial charge in [-0.2, -0.15) is 5.10 Å². The van der Waals surface area contributed by atoms with Crippen molar-refractivity contribution in [2.45, 2.75) is 43.9 Å². The summed E-state index contributed by atoms with van der Waals surface area (Å²) in [5.41, 5.74) is 3.01. The number of halogens is 1. The van der Waals surface area contributed by atoms with Gasteiger partial charge in [0.05, 0.1) is 17.1 Å². The van der Waals surface area contributed by atoms with Crippen LogP contribution in [0.15, 0.2) is 48.7 Å². The Morgan fingerprint density at radius 2 is 1.94 bits per heavy atom. The molecule has 2 aliphatic heterocycles. The van der Waals surface area contributed by atoms with Gasteiger partial charge in [-0.3, -0.25) is 9.89 Å². The highest BCUT2D eigenvalue weighted by Crippen LogP contribution is 2.38. The molecule has 1 unspecified atom stereocenters. The summed E-state index contributed by atoms with van der Waals surface area (Å²) in [4.78, 5) is 16.0. The third kappa shape index (κ3) is 4.28. The van der Waals surface area contributed by atoms with Gasteiger partial charge in [0.15, 0.2) is 0 Å². The van der Waals surface area contributed by atoms with E-state index in [2.05, 4.69) is 33.3 Å². The molecule has 2 aromatic carbocycles. The van der Waals surface area contributed by atoms with E-state index in [1.165, 1.54) is 5.56 Å². The van der Waals surface area contributed by atoms with Crippen LogP contribution in [0.2, 0.25) is 5.02 Å². The van der Waals surface area contributed by atoms with Crippen LogP contribution >= 0.6 is 11.6 Å². The Bertz CT molecular complexity index is 1070. The number of hydrogen-bond donors (Lipinski definition) is 1. The molecule has 3 heterocycles. The summed E-state index contributed by atoms with van der Waals surface area (Å²) in [5.74, 6) is 0.863. The van der Waals surface area contributed by atoms with Crippen molar-refractivity contribution in [2.75, 3.05) is 26.3 Å². The van der Waals surface area contributed by atoms with Crippen LogP contribution in [-0.4, -0.2) is 47.3 Å². The van der Waals surface area contributed by atoms with E-state index >= 15 is 0 Å². The predicted octanol–water partition coefficient (Wildman–Crippen LogP) is 5.14. The summed E-state index contributed by atoms with van der Waals surface area (Å²) < 4.78 is 5.64. The number of ether oxygens (including phenoxy) is 1. The lowest BCUT2D eigenvalue weighted by Gasteiger charge is -2.40. The summed E-state index contributed by atoms with van der Waals surface area (Å²) in [6.07, 6.45) is 7.66. The molecule has 2 saturated heterocycles. The number of amides is 1. The lowest BCUT2D eigenvalue weighted by atomic mass is 9.73. The summed E-state index contributed by atoms with van der Waals surface area (Å²) in [7, 11) is 0. The average Bonchev–Trinajstić information content (AvgIpc) is 3.17. The number of fused-ring (bicyclic) bond motifs is 1. The third-order valence-electron chi connectivity index (χ3n) is 7.32. The molecule has 0 radical (unpaired) electrons. The minimum atomic E-state index is -0.491. The maximum atomic E-state index is 13.9. The Labute approximate surface area is 194 Å². The molecule has 5 rings (SSSR count). The van der Waals surface area contributed by atoms with Crippen molar-refractivity contribution in [2.24, 2.45) is 5.92 Å². The van der Waals surface area contributed by atoms with E-state index in [0.717, 1.165) is 68.1 Å². The molecule has 2 aliphatic rings. The molecule has 0 spiro atoms. The van der Waals surface area contributed by atoms with Gasteiger partial charge in [0.25, 0.3) is 0 Å². The summed E-state index contributed by atoms with van der Waals surface area (Å²) in [6, 6.07) is 14.4. The number of hydrogen-bond acceptors (Lipinski definition) is 3. The van der Waals surface area contributed by atoms with Crippen molar-refractivity contribution >= 4 is 28.4 Å². The molecule has 168 valence electrons. The lowest BCUT2D eigenvalue weighted by molar-refractivity contribution is -0.141. The van der Waals surface area contributed by atoms with Gasteiger partial charge in [0.2, 0.25) is 5.91 Å². The molecular weight excluding hydrogens is 422 g/mol. The standard InChI is InChI=1S/C26H30ClN3O2/c27-23-6-4-22(5-7-23)26(10-14-32-15-11-26)25(31)30-12-1-2-19(9-13-30)16-20-3-8-24-21(17-20)18-28-29-24/h3-8,17-19H,1-2,9-16H2,(H,28,29). The number of aromatic nitrogens is 2. The van der Waals surface area contributed by atoms with Gasteiger partial charge in [-0.25, -0.2) is 0 Å². The van der Waals surface area contributed by atoms with E-state index in [1.54, 1.807) is 0 Å². The minimum Gasteiger partial charge on any atom is -0.381 e. The van der Waals surface area contributed by atoms with Crippen molar-refractivity contribution in [3.8, 4) is 0 Å². The Balaban J connectivity index is 1.30. The zero-order chi connectivity index (χ0) is 22.0. The smallest absolute Gasteiger partial charge is 0.233 e. The van der Waals surface area contributed by atoms with Crippen LogP contribution in [0.4, 0.5) is 0 Å². The summed E-state index contributed by atoms with van der Waals surface area (Å²) in [5, 5.41) is 9.02. The Morgan fingerprint density at radius 1 is 1.12 bits per heavy atom. The molecule has 0 bridgehead atoms. The largest absolute Gasteiger partial charge is 0.381 e. The molecule has 0 aliphatic carbocycles. The van der Waals surface area contributed by atoms with Crippen LogP contribution in [0.3, 0.4) is 0 Å². The zero-order valence-electron chi connectivity index (χ0n) is 18.4. The first-order valence-electron chi connectivity index (χ1n) is 11.7. The fraction of sp³-hybridized carbons (Fsp3) is 0.462. The zero-order valence-corrected chi connectivity index (χ0v) is 19.1. The molecule has 1 N–H and O–H groups in total. The van der Waals surface area contributed by atoms with Crippen LogP contribution < -0.4 is 0 Å². The van der Waals surface area contributed by atoms with Crippen LogP contribution in [0.1, 0.15) is 43.2 Å². The number of carbonyl (C=O) groups is 1. The number of benzene rings is 2. The number of H-pyrrole nitrogens is 1. The number of aromatic amines is 1. The van der Waals surface area contributed by atoms with Crippen molar-refractivity contribution < 1.29 is 9.53 Å². The van der Waals surface area contributed by atoms with E-state index in [4.69, 9.17) is 16.3 Å². The lowest BCUT2D eigenvalue weighted by Crippen LogP contribution is -2.50. The van der Waals surface area contributed by atoms with Crippen LogP contribution in [-0.2, 0) is 21.4 Å². The Hall–Kier alpha value is -2.37. The third-order valence-corrected chi connectivity index (χ3v) is 7.57. The van der Waals surface area contributed by atoms with E-state index in [9.17, 15) is 4.79 Å². The number of carbonyl (C=O) groups excluding carboxylic acids is 1. The molecule has 1 atom stereocenters. The van der Waals surface area contributed by atoms with E-state index in [1.807, 2.05) is 30.5 Å². The number of likely N-dealkylation sites (tertiary alicyclic amines) is 1. The maximum absolute atomic E-state index is 13.9. The monoisotopic (exact) mass is 451 g/mol. The fourth-order valence-electron chi connectivity index (χ4n) is 5.44.